The van der Waals surface area contributed by atoms with Crippen LogP contribution in [0.2, 0.25) is 0 Å². The van der Waals surface area contributed by atoms with Crippen LogP contribution in [-0.4, -0.2) is 26.0 Å². The molecule has 0 fully saturated rings. The van der Waals surface area contributed by atoms with Gasteiger partial charge in [-0.15, -0.1) is 0 Å². The Morgan fingerprint density at radius 1 is 1.50 bits per heavy atom. The maximum Gasteiger partial charge on any atom is 0.358 e. The van der Waals surface area contributed by atoms with Crippen molar-refractivity contribution in [3.8, 4) is 11.3 Å². The monoisotopic (exact) mass is 221 g/mol. The minimum atomic E-state index is -1.10. The van der Waals surface area contributed by atoms with Crippen molar-refractivity contribution >= 4 is 5.97 Å². The van der Waals surface area contributed by atoms with Crippen molar-refractivity contribution in [2.45, 2.75) is 13.8 Å². The van der Waals surface area contributed by atoms with Crippen LogP contribution >= 0.6 is 0 Å². The number of carboxylic acids is 1. The zero-order chi connectivity index (χ0) is 11.9. The molecule has 0 atom stereocenters. The maximum atomic E-state index is 10.7. The largest absolute Gasteiger partial charge is 0.476 e. The van der Waals surface area contributed by atoms with Gasteiger partial charge in [0, 0.05) is 18.8 Å². The highest BCUT2D eigenvalue weighted by Crippen LogP contribution is 2.26. The molecule has 6 nitrogen and oxygen atoms in total. The van der Waals surface area contributed by atoms with E-state index in [2.05, 4.69) is 10.3 Å². The highest BCUT2D eigenvalue weighted by atomic mass is 16.5. The van der Waals surface area contributed by atoms with Gasteiger partial charge in [-0.05, 0) is 13.8 Å². The van der Waals surface area contributed by atoms with Gasteiger partial charge in [0.15, 0.2) is 11.5 Å². The fourth-order valence-corrected chi connectivity index (χ4v) is 1.62. The van der Waals surface area contributed by atoms with E-state index >= 15 is 0 Å². The van der Waals surface area contributed by atoms with E-state index in [-0.39, 0.29) is 5.69 Å². The quantitative estimate of drug-likeness (QED) is 0.828. The van der Waals surface area contributed by atoms with E-state index < -0.39 is 5.97 Å². The molecule has 2 aromatic heterocycles. The SMILES string of the molecule is Cc1nn(C)c(C)c1-c1cc(C(=O)O)no1. The Balaban J connectivity index is 2.54. The molecule has 2 rings (SSSR count). The van der Waals surface area contributed by atoms with Crippen LogP contribution in [0, 0.1) is 13.8 Å². The number of carbonyl (C=O) groups is 1. The third-order valence-corrected chi connectivity index (χ3v) is 2.48. The van der Waals surface area contributed by atoms with Crippen molar-refractivity contribution in [3.05, 3.63) is 23.1 Å². The van der Waals surface area contributed by atoms with E-state index in [1.54, 1.807) is 4.68 Å². The molecule has 2 heterocycles. The average Bonchev–Trinajstić information content (AvgIpc) is 2.74. The first-order valence-corrected chi connectivity index (χ1v) is 4.71. The van der Waals surface area contributed by atoms with Gasteiger partial charge in [0.25, 0.3) is 0 Å². The normalized spacial score (nSPS) is 10.7. The number of carboxylic acid groups (broad SMARTS) is 1. The first-order valence-electron chi connectivity index (χ1n) is 4.71. The molecular weight excluding hydrogens is 210 g/mol. The third kappa shape index (κ3) is 1.48. The molecule has 0 aliphatic rings. The van der Waals surface area contributed by atoms with E-state index in [0.29, 0.717) is 5.76 Å². The van der Waals surface area contributed by atoms with Crippen molar-refractivity contribution in [2.75, 3.05) is 0 Å². The molecule has 0 saturated carbocycles. The Kier molecular flexibility index (Phi) is 2.26. The summed E-state index contributed by atoms with van der Waals surface area (Å²) in [5.74, 6) is -0.672. The highest BCUT2D eigenvalue weighted by Gasteiger charge is 2.18. The summed E-state index contributed by atoms with van der Waals surface area (Å²) in [6, 6.07) is 1.40. The molecule has 0 radical (unpaired) electrons. The fourth-order valence-electron chi connectivity index (χ4n) is 1.62. The molecule has 16 heavy (non-hydrogen) atoms. The van der Waals surface area contributed by atoms with Crippen molar-refractivity contribution in [2.24, 2.45) is 7.05 Å². The van der Waals surface area contributed by atoms with Gasteiger partial charge in [0.1, 0.15) is 0 Å². The zero-order valence-corrected chi connectivity index (χ0v) is 9.18. The number of hydrogen-bond donors (Lipinski definition) is 1. The first-order chi connectivity index (χ1) is 7.50. The Hall–Kier alpha value is -2.11. The molecule has 1 N–H and O–H groups in total. The molecule has 6 heteroatoms. The molecule has 0 bridgehead atoms. The van der Waals surface area contributed by atoms with Crippen LogP contribution in [0.3, 0.4) is 0 Å². The second kappa shape index (κ2) is 3.48. The maximum absolute atomic E-state index is 10.7. The van der Waals surface area contributed by atoms with Gasteiger partial charge in [-0.25, -0.2) is 4.79 Å². The predicted octanol–water partition coefficient (Wildman–Crippen LogP) is 1.39. The standard InChI is InChI=1S/C10H11N3O3/c1-5-9(6(2)13(3)11-5)8-4-7(10(14)15)12-16-8/h4H,1-3H3,(H,14,15). The van der Waals surface area contributed by atoms with Gasteiger partial charge in [-0.2, -0.15) is 5.10 Å². The van der Waals surface area contributed by atoms with Crippen molar-refractivity contribution in [3.63, 3.8) is 0 Å². The molecule has 0 spiro atoms. The molecule has 0 amide bonds. The van der Waals surface area contributed by atoms with Gasteiger partial charge >= 0.3 is 5.97 Å². The number of aromatic nitrogens is 3. The fraction of sp³-hybridized carbons (Fsp3) is 0.300. The van der Waals surface area contributed by atoms with Crippen LogP contribution in [0.25, 0.3) is 11.3 Å². The van der Waals surface area contributed by atoms with E-state index in [0.717, 1.165) is 17.0 Å². The lowest BCUT2D eigenvalue weighted by atomic mass is 10.1. The molecule has 0 unspecified atom stereocenters. The van der Waals surface area contributed by atoms with Crippen LogP contribution in [0.5, 0.6) is 0 Å². The van der Waals surface area contributed by atoms with Crippen molar-refractivity contribution in [1.82, 2.24) is 14.9 Å². The van der Waals surface area contributed by atoms with E-state index in [1.807, 2.05) is 20.9 Å². The number of rotatable bonds is 2. The summed E-state index contributed by atoms with van der Waals surface area (Å²) in [5, 5.41) is 16.4. The summed E-state index contributed by atoms with van der Waals surface area (Å²) in [6.07, 6.45) is 0. The Morgan fingerprint density at radius 2 is 2.19 bits per heavy atom. The summed E-state index contributed by atoms with van der Waals surface area (Å²) in [5.41, 5.74) is 2.39. The Bertz CT molecular complexity index is 554. The Morgan fingerprint density at radius 3 is 2.62 bits per heavy atom. The van der Waals surface area contributed by atoms with Crippen LogP contribution < -0.4 is 0 Å². The number of nitrogens with zero attached hydrogens (tertiary/aromatic N) is 3. The summed E-state index contributed by atoms with van der Waals surface area (Å²) in [4.78, 5) is 10.7. The smallest absolute Gasteiger partial charge is 0.358 e. The minimum absolute atomic E-state index is 0.0994. The second-order valence-electron chi connectivity index (χ2n) is 3.55. The van der Waals surface area contributed by atoms with E-state index in [1.165, 1.54) is 6.07 Å². The summed E-state index contributed by atoms with van der Waals surface area (Å²) >= 11 is 0. The lowest BCUT2D eigenvalue weighted by Crippen LogP contribution is -1.94. The van der Waals surface area contributed by atoms with Gasteiger partial charge in [-0.1, -0.05) is 5.16 Å². The molecule has 0 aromatic carbocycles. The lowest BCUT2D eigenvalue weighted by molar-refractivity contribution is 0.0686. The zero-order valence-electron chi connectivity index (χ0n) is 9.18. The van der Waals surface area contributed by atoms with Crippen LogP contribution in [0.15, 0.2) is 10.6 Å². The number of aryl methyl sites for hydroxylation is 2. The first kappa shape index (κ1) is 10.4. The summed E-state index contributed by atoms with van der Waals surface area (Å²) in [7, 11) is 1.82. The molecule has 84 valence electrons. The van der Waals surface area contributed by atoms with Gasteiger partial charge in [-0.3, -0.25) is 4.68 Å². The highest BCUT2D eigenvalue weighted by molar-refractivity contribution is 5.86. The Labute approximate surface area is 91.5 Å². The number of hydrogen-bond acceptors (Lipinski definition) is 4. The molecule has 2 aromatic rings. The van der Waals surface area contributed by atoms with Crippen LogP contribution in [-0.2, 0) is 7.05 Å². The lowest BCUT2D eigenvalue weighted by Gasteiger charge is -1.95. The van der Waals surface area contributed by atoms with Crippen molar-refractivity contribution < 1.29 is 14.4 Å². The predicted molar refractivity (Wildman–Crippen MR) is 55.1 cm³/mol. The summed E-state index contributed by atoms with van der Waals surface area (Å²) < 4.78 is 6.72. The van der Waals surface area contributed by atoms with Crippen molar-refractivity contribution in [1.29, 1.82) is 0 Å². The minimum Gasteiger partial charge on any atom is -0.476 e. The summed E-state index contributed by atoms with van der Waals surface area (Å²) in [6.45, 7) is 3.73. The topological polar surface area (TPSA) is 81.2 Å². The average molecular weight is 221 g/mol. The van der Waals surface area contributed by atoms with Crippen LogP contribution in [0.4, 0.5) is 0 Å². The van der Waals surface area contributed by atoms with E-state index in [9.17, 15) is 4.79 Å². The van der Waals surface area contributed by atoms with Crippen LogP contribution in [0.1, 0.15) is 21.9 Å². The number of aromatic carboxylic acids is 1. The third-order valence-electron chi connectivity index (χ3n) is 2.48. The van der Waals surface area contributed by atoms with Gasteiger partial charge < -0.3 is 9.63 Å². The van der Waals surface area contributed by atoms with Gasteiger partial charge in [0.05, 0.1) is 11.3 Å². The molecule has 0 aliphatic carbocycles. The molecular formula is C10H11N3O3. The second-order valence-corrected chi connectivity index (χ2v) is 3.55. The van der Waals surface area contributed by atoms with E-state index in [4.69, 9.17) is 9.63 Å². The molecule has 0 aliphatic heterocycles. The van der Waals surface area contributed by atoms with Gasteiger partial charge in [0.2, 0.25) is 0 Å². The molecule has 0 saturated heterocycles.